The number of nitrogens with zero attached hydrogens (tertiary/aromatic N) is 5. The van der Waals surface area contributed by atoms with Crippen molar-refractivity contribution >= 4 is 28.5 Å². The molecule has 4 aromatic heterocycles. The van der Waals surface area contributed by atoms with E-state index in [0.29, 0.717) is 28.6 Å². The number of aromatic amines is 2. The van der Waals surface area contributed by atoms with Crippen LogP contribution in [-0.2, 0) is 0 Å². The van der Waals surface area contributed by atoms with E-state index in [1.807, 2.05) is 18.2 Å². The van der Waals surface area contributed by atoms with Gasteiger partial charge in [0.1, 0.15) is 11.3 Å². The Balaban J connectivity index is 1.44. The molecule has 0 spiro atoms. The van der Waals surface area contributed by atoms with Crippen molar-refractivity contribution in [3.63, 3.8) is 0 Å². The monoisotopic (exact) mass is 379 g/mol. The normalized spacial score (nSPS) is 16.5. The molecular weight excluding hydrogens is 366 g/mol. The highest BCUT2D eigenvalue weighted by atomic mass is 35.5. The maximum absolute atomic E-state index is 12.9. The van der Waals surface area contributed by atoms with Gasteiger partial charge in [0.05, 0.1) is 34.8 Å². The molecular formula is C18H14ClN7O. The number of rotatable bonds is 3. The Morgan fingerprint density at radius 3 is 2.93 bits per heavy atom. The van der Waals surface area contributed by atoms with Crippen LogP contribution in [0.3, 0.4) is 0 Å². The first-order chi connectivity index (χ1) is 13.2. The zero-order valence-corrected chi connectivity index (χ0v) is 14.8. The fraction of sp³-hybridized carbons (Fsp3) is 0.167. The Bertz CT molecular complexity index is 1140. The lowest BCUT2D eigenvalue weighted by Gasteiger charge is -2.40. The molecule has 1 aliphatic heterocycles. The molecule has 5 rings (SSSR count). The highest BCUT2D eigenvalue weighted by Crippen LogP contribution is 2.34. The van der Waals surface area contributed by atoms with Crippen LogP contribution in [-0.4, -0.2) is 47.7 Å². The van der Waals surface area contributed by atoms with Gasteiger partial charge in [-0.3, -0.25) is 9.89 Å². The number of H-pyrrole nitrogens is 2. The Morgan fingerprint density at radius 1 is 1.26 bits per heavy atom. The second-order valence-electron chi connectivity index (χ2n) is 6.41. The van der Waals surface area contributed by atoms with Gasteiger partial charge in [-0.25, -0.2) is 4.98 Å². The van der Waals surface area contributed by atoms with Crippen molar-refractivity contribution in [3.05, 3.63) is 59.3 Å². The fourth-order valence-corrected chi connectivity index (χ4v) is 3.44. The van der Waals surface area contributed by atoms with Crippen LogP contribution in [0, 0.1) is 0 Å². The maximum atomic E-state index is 12.9. The minimum Gasteiger partial charge on any atom is -0.335 e. The van der Waals surface area contributed by atoms with E-state index in [2.05, 4.69) is 30.4 Å². The zero-order chi connectivity index (χ0) is 18.4. The minimum atomic E-state index is -0.107. The summed E-state index contributed by atoms with van der Waals surface area (Å²) in [7, 11) is 0. The van der Waals surface area contributed by atoms with Crippen LogP contribution >= 0.6 is 11.6 Å². The summed E-state index contributed by atoms with van der Waals surface area (Å²) >= 11 is 6.00. The summed E-state index contributed by atoms with van der Waals surface area (Å²) in [5.74, 6) is -0.0871. The van der Waals surface area contributed by atoms with Crippen molar-refractivity contribution in [3.8, 4) is 11.3 Å². The number of pyridine rings is 1. The number of hydrogen-bond acceptors (Lipinski definition) is 5. The number of fused-ring (bicyclic) bond motifs is 1. The number of aromatic nitrogens is 6. The predicted octanol–water partition coefficient (Wildman–Crippen LogP) is 2.98. The lowest BCUT2D eigenvalue weighted by molar-refractivity contribution is 0.0444. The third-order valence-corrected chi connectivity index (χ3v) is 4.97. The number of hydrogen-bond donors (Lipinski definition) is 2. The van der Waals surface area contributed by atoms with Crippen LogP contribution in [0.1, 0.15) is 28.6 Å². The van der Waals surface area contributed by atoms with E-state index in [9.17, 15) is 4.79 Å². The van der Waals surface area contributed by atoms with Gasteiger partial charge >= 0.3 is 0 Å². The molecule has 4 aromatic rings. The molecule has 0 bridgehead atoms. The van der Waals surface area contributed by atoms with Gasteiger partial charge in [-0.1, -0.05) is 11.6 Å². The van der Waals surface area contributed by atoms with Gasteiger partial charge in [0.2, 0.25) is 0 Å². The quantitative estimate of drug-likeness (QED) is 0.569. The maximum Gasteiger partial charge on any atom is 0.270 e. The van der Waals surface area contributed by atoms with Crippen molar-refractivity contribution in [2.75, 3.05) is 6.54 Å². The molecule has 1 atom stereocenters. The molecule has 9 heteroatoms. The molecule has 1 amide bonds. The molecule has 0 unspecified atom stereocenters. The van der Waals surface area contributed by atoms with E-state index >= 15 is 0 Å². The van der Waals surface area contributed by atoms with Crippen LogP contribution in [0.2, 0.25) is 5.02 Å². The predicted molar refractivity (Wildman–Crippen MR) is 99.1 cm³/mol. The van der Waals surface area contributed by atoms with Crippen LogP contribution in [0.4, 0.5) is 0 Å². The van der Waals surface area contributed by atoms with Crippen molar-refractivity contribution < 1.29 is 4.79 Å². The summed E-state index contributed by atoms with van der Waals surface area (Å²) in [5.41, 5.74) is 3.55. The molecule has 0 aliphatic carbocycles. The number of carbonyl (C=O) groups excluding carboxylic acids is 1. The first-order valence-corrected chi connectivity index (χ1v) is 8.85. The third-order valence-electron chi connectivity index (χ3n) is 4.77. The van der Waals surface area contributed by atoms with Gasteiger partial charge in [-0.05, 0) is 30.7 Å². The van der Waals surface area contributed by atoms with Gasteiger partial charge in [-0.15, -0.1) is 0 Å². The summed E-state index contributed by atoms with van der Waals surface area (Å²) in [6.07, 6.45) is 5.81. The second kappa shape index (κ2) is 6.17. The first-order valence-electron chi connectivity index (χ1n) is 8.47. The standard InChI is InChI=1S/C18H14ClN7O/c19-12-6-14(25-22-9-12)16-3-4-26(16)18(27)15-5-10-1-2-13(23-17(10)24-15)11-7-20-21-8-11/h1-2,5-9,16H,3-4H2,(H,20,21)(H,23,24)/t16-/m1/s1. The van der Waals surface area contributed by atoms with Crippen molar-refractivity contribution in [2.24, 2.45) is 0 Å². The molecule has 5 heterocycles. The molecule has 0 aromatic carbocycles. The van der Waals surface area contributed by atoms with E-state index in [-0.39, 0.29) is 11.9 Å². The summed E-state index contributed by atoms with van der Waals surface area (Å²) in [6, 6.07) is 7.31. The molecule has 8 nitrogen and oxygen atoms in total. The smallest absolute Gasteiger partial charge is 0.270 e. The lowest BCUT2D eigenvalue weighted by atomic mass is 9.98. The highest BCUT2D eigenvalue weighted by molar-refractivity contribution is 6.30. The van der Waals surface area contributed by atoms with Crippen molar-refractivity contribution in [1.82, 2.24) is 35.3 Å². The van der Waals surface area contributed by atoms with Crippen LogP contribution in [0.25, 0.3) is 22.3 Å². The summed E-state index contributed by atoms with van der Waals surface area (Å²) in [5, 5.41) is 16.1. The summed E-state index contributed by atoms with van der Waals surface area (Å²) in [6.45, 7) is 0.667. The molecule has 1 aliphatic rings. The van der Waals surface area contributed by atoms with E-state index in [4.69, 9.17) is 11.6 Å². The van der Waals surface area contributed by atoms with E-state index in [1.54, 1.807) is 23.4 Å². The van der Waals surface area contributed by atoms with Gasteiger partial charge in [0.25, 0.3) is 5.91 Å². The molecule has 1 saturated heterocycles. The number of nitrogens with one attached hydrogen (secondary N) is 2. The number of halogens is 1. The number of carbonyl (C=O) groups is 1. The van der Waals surface area contributed by atoms with Crippen LogP contribution in [0.5, 0.6) is 0 Å². The fourth-order valence-electron chi connectivity index (χ4n) is 3.29. The first kappa shape index (κ1) is 16.0. The van der Waals surface area contributed by atoms with Gasteiger partial charge in [0.15, 0.2) is 0 Å². The van der Waals surface area contributed by atoms with E-state index < -0.39 is 0 Å². The molecule has 0 saturated carbocycles. The topological polar surface area (TPSA) is 103 Å². The highest BCUT2D eigenvalue weighted by Gasteiger charge is 2.36. The number of amides is 1. The van der Waals surface area contributed by atoms with Gasteiger partial charge in [0, 0.05) is 23.7 Å². The summed E-state index contributed by atoms with van der Waals surface area (Å²) < 4.78 is 0. The molecule has 1 fully saturated rings. The molecule has 27 heavy (non-hydrogen) atoms. The van der Waals surface area contributed by atoms with Gasteiger partial charge < -0.3 is 9.88 Å². The largest absolute Gasteiger partial charge is 0.335 e. The van der Waals surface area contributed by atoms with Crippen LogP contribution in [0.15, 0.2) is 42.9 Å². The third kappa shape index (κ3) is 2.74. The van der Waals surface area contributed by atoms with Crippen LogP contribution < -0.4 is 0 Å². The average Bonchev–Trinajstić information content (AvgIpc) is 3.30. The van der Waals surface area contributed by atoms with Crippen molar-refractivity contribution in [2.45, 2.75) is 12.5 Å². The van der Waals surface area contributed by atoms with E-state index in [1.165, 1.54) is 6.20 Å². The Morgan fingerprint density at radius 2 is 2.19 bits per heavy atom. The second-order valence-corrected chi connectivity index (χ2v) is 6.84. The SMILES string of the molecule is O=C(c1cc2ccc(-c3cn[nH]c3)nc2[nH]1)N1CC[C@@H]1c1cc(Cl)cnn1. The molecule has 134 valence electrons. The lowest BCUT2D eigenvalue weighted by Crippen LogP contribution is -2.45. The van der Waals surface area contributed by atoms with Crippen molar-refractivity contribution in [1.29, 1.82) is 0 Å². The molecule has 0 radical (unpaired) electrons. The molecule has 2 N–H and O–H groups in total. The minimum absolute atomic E-state index is 0.0871. The Kier molecular flexibility index (Phi) is 3.64. The Hall–Kier alpha value is -3.26. The van der Waals surface area contributed by atoms with E-state index in [0.717, 1.165) is 23.1 Å². The Labute approximate surface area is 158 Å². The summed E-state index contributed by atoms with van der Waals surface area (Å²) in [4.78, 5) is 22.4. The zero-order valence-electron chi connectivity index (χ0n) is 14.1. The van der Waals surface area contributed by atoms with Gasteiger partial charge in [-0.2, -0.15) is 15.3 Å². The average molecular weight is 380 g/mol. The number of likely N-dealkylation sites (tertiary alicyclic amines) is 1.